The van der Waals surface area contributed by atoms with Crippen LogP contribution in [0.25, 0.3) is 0 Å². The maximum Gasteiger partial charge on any atom is 0.265 e. The number of fused-ring (bicyclic) bond motifs is 1. The van der Waals surface area contributed by atoms with Crippen LogP contribution in [0.5, 0.6) is 5.75 Å². The highest BCUT2D eigenvalue weighted by atomic mass is 16.5. The van der Waals surface area contributed by atoms with Crippen molar-refractivity contribution in [3.8, 4) is 5.75 Å². The molecule has 98 valence electrons. The van der Waals surface area contributed by atoms with Crippen LogP contribution in [0.2, 0.25) is 0 Å². The third-order valence-corrected chi connectivity index (χ3v) is 2.87. The zero-order valence-corrected chi connectivity index (χ0v) is 10.5. The van der Waals surface area contributed by atoms with E-state index in [4.69, 9.17) is 10.5 Å². The molecule has 1 atom stereocenters. The number of carbonyl (C=O) groups is 1. The molecule has 0 aliphatic carbocycles. The molecule has 0 aromatic heterocycles. The second kappa shape index (κ2) is 5.73. The van der Waals surface area contributed by atoms with Gasteiger partial charge in [0, 0.05) is 12.2 Å². The molecular weight excluding hydrogens is 230 g/mol. The van der Waals surface area contributed by atoms with Gasteiger partial charge < -0.3 is 21.1 Å². The number of unbranched alkanes of at least 4 members (excludes halogenated alkanes) is 1. The Morgan fingerprint density at radius 3 is 3.06 bits per heavy atom. The summed E-state index contributed by atoms with van der Waals surface area (Å²) in [4.78, 5) is 11.5. The first-order chi connectivity index (χ1) is 8.70. The van der Waals surface area contributed by atoms with E-state index in [1.54, 1.807) is 6.92 Å². The third kappa shape index (κ3) is 2.92. The molecule has 0 bridgehead atoms. The van der Waals surface area contributed by atoms with Crippen molar-refractivity contribution in [3.05, 3.63) is 18.2 Å². The summed E-state index contributed by atoms with van der Waals surface area (Å²) >= 11 is 0. The topological polar surface area (TPSA) is 76.4 Å². The van der Waals surface area contributed by atoms with Crippen LogP contribution in [0.4, 0.5) is 11.4 Å². The molecule has 5 heteroatoms. The Labute approximate surface area is 107 Å². The number of hydrogen-bond donors (Lipinski definition) is 3. The fourth-order valence-electron chi connectivity index (χ4n) is 1.82. The first-order valence-electron chi connectivity index (χ1n) is 6.26. The van der Waals surface area contributed by atoms with Crippen LogP contribution < -0.4 is 21.1 Å². The van der Waals surface area contributed by atoms with E-state index in [9.17, 15) is 4.79 Å². The van der Waals surface area contributed by atoms with E-state index in [1.807, 2.05) is 18.2 Å². The van der Waals surface area contributed by atoms with Crippen LogP contribution >= 0.6 is 0 Å². The molecule has 2 rings (SSSR count). The Kier molecular flexibility index (Phi) is 4.04. The molecular formula is C13H19N3O2. The standard InChI is InChI=1S/C13H19N3O2/c1-9-13(17)16-11-8-10(4-5-12(11)18-9)15-7-3-2-6-14/h4-5,8-9,15H,2-3,6-7,14H2,1H3,(H,16,17). The van der Waals surface area contributed by atoms with E-state index in [2.05, 4.69) is 10.6 Å². The van der Waals surface area contributed by atoms with Crippen molar-refractivity contribution < 1.29 is 9.53 Å². The molecule has 18 heavy (non-hydrogen) atoms. The second-order valence-electron chi connectivity index (χ2n) is 4.38. The molecule has 1 amide bonds. The molecule has 1 aliphatic heterocycles. The van der Waals surface area contributed by atoms with Crippen LogP contribution in [0, 0.1) is 0 Å². The minimum atomic E-state index is -0.430. The van der Waals surface area contributed by atoms with Crippen molar-refractivity contribution in [2.45, 2.75) is 25.9 Å². The molecule has 1 unspecified atom stereocenters. The molecule has 1 aliphatic rings. The number of carbonyl (C=O) groups excluding carboxylic acids is 1. The number of anilines is 2. The van der Waals surface area contributed by atoms with Gasteiger partial charge in [-0.3, -0.25) is 4.79 Å². The van der Waals surface area contributed by atoms with Crippen molar-refractivity contribution in [2.24, 2.45) is 5.73 Å². The van der Waals surface area contributed by atoms with E-state index in [0.717, 1.165) is 36.5 Å². The van der Waals surface area contributed by atoms with Crippen LogP contribution in [-0.4, -0.2) is 25.1 Å². The van der Waals surface area contributed by atoms with Gasteiger partial charge in [-0.15, -0.1) is 0 Å². The van der Waals surface area contributed by atoms with Gasteiger partial charge in [0.15, 0.2) is 6.10 Å². The summed E-state index contributed by atoms with van der Waals surface area (Å²) < 4.78 is 5.49. The summed E-state index contributed by atoms with van der Waals surface area (Å²) in [7, 11) is 0. The summed E-state index contributed by atoms with van der Waals surface area (Å²) in [5.41, 5.74) is 7.14. The molecule has 5 nitrogen and oxygen atoms in total. The molecule has 1 heterocycles. The molecule has 0 saturated carbocycles. The smallest absolute Gasteiger partial charge is 0.265 e. The van der Waals surface area contributed by atoms with Crippen molar-refractivity contribution in [1.82, 2.24) is 0 Å². The quantitative estimate of drug-likeness (QED) is 0.692. The lowest BCUT2D eigenvalue weighted by Crippen LogP contribution is -2.34. The van der Waals surface area contributed by atoms with Gasteiger partial charge in [-0.25, -0.2) is 0 Å². The fraction of sp³-hybridized carbons (Fsp3) is 0.462. The summed E-state index contributed by atoms with van der Waals surface area (Å²) in [6.07, 6.45) is 1.61. The zero-order chi connectivity index (χ0) is 13.0. The SMILES string of the molecule is CC1Oc2ccc(NCCCCN)cc2NC1=O. The lowest BCUT2D eigenvalue weighted by atomic mass is 10.2. The molecule has 0 saturated heterocycles. The summed E-state index contributed by atoms with van der Waals surface area (Å²) in [6.45, 7) is 3.33. The molecule has 0 fully saturated rings. The van der Waals surface area contributed by atoms with E-state index in [-0.39, 0.29) is 5.91 Å². The van der Waals surface area contributed by atoms with Crippen molar-refractivity contribution >= 4 is 17.3 Å². The van der Waals surface area contributed by atoms with Crippen molar-refractivity contribution in [1.29, 1.82) is 0 Å². The minimum absolute atomic E-state index is 0.109. The maximum atomic E-state index is 11.5. The Morgan fingerprint density at radius 1 is 1.44 bits per heavy atom. The maximum absolute atomic E-state index is 11.5. The highest BCUT2D eigenvalue weighted by Crippen LogP contribution is 2.32. The van der Waals surface area contributed by atoms with E-state index in [1.165, 1.54) is 0 Å². The van der Waals surface area contributed by atoms with Gasteiger partial charge >= 0.3 is 0 Å². The van der Waals surface area contributed by atoms with Gasteiger partial charge in [0.1, 0.15) is 5.75 Å². The number of hydrogen-bond acceptors (Lipinski definition) is 4. The largest absolute Gasteiger partial charge is 0.479 e. The highest BCUT2D eigenvalue weighted by Gasteiger charge is 2.23. The summed E-state index contributed by atoms with van der Waals surface area (Å²) in [5, 5.41) is 6.12. The van der Waals surface area contributed by atoms with Crippen LogP contribution in [0.15, 0.2) is 18.2 Å². The second-order valence-corrected chi connectivity index (χ2v) is 4.38. The van der Waals surface area contributed by atoms with E-state index in [0.29, 0.717) is 6.54 Å². The van der Waals surface area contributed by atoms with E-state index < -0.39 is 6.10 Å². The average Bonchev–Trinajstić information content (AvgIpc) is 2.36. The van der Waals surface area contributed by atoms with Gasteiger partial charge in [0.2, 0.25) is 0 Å². The number of benzene rings is 1. The average molecular weight is 249 g/mol. The lowest BCUT2D eigenvalue weighted by Gasteiger charge is -2.23. The molecule has 0 spiro atoms. The van der Waals surface area contributed by atoms with Crippen LogP contribution in [0.3, 0.4) is 0 Å². The van der Waals surface area contributed by atoms with Crippen LogP contribution in [0.1, 0.15) is 19.8 Å². The first kappa shape index (κ1) is 12.7. The molecule has 1 aromatic carbocycles. The number of nitrogens with two attached hydrogens (primary N) is 1. The highest BCUT2D eigenvalue weighted by molar-refractivity contribution is 5.98. The van der Waals surface area contributed by atoms with Crippen molar-refractivity contribution in [3.63, 3.8) is 0 Å². The Balaban J connectivity index is 1.99. The monoisotopic (exact) mass is 249 g/mol. The van der Waals surface area contributed by atoms with Gasteiger partial charge in [-0.1, -0.05) is 0 Å². The molecule has 4 N–H and O–H groups in total. The summed E-state index contributed by atoms with van der Waals surface area (Å²) in [5.74, 6) is 0.609. The fourth-order valence-corrected chi connectivity index (χ4v) is 1.82. The van der Waals surface area contributed by atoms with Gasteiger partial charge in [0.05, 0.1) is 5.69 Å². The normalized spacial score (nSPS) is 17.7. The predicted molar refractivity (Wildman–Crippen MR) is 71.9 cm³/mol. The third-order valence-electron chi connectivity index (χ3n) is 2.87. The van der Waals surface area contributed by atoms with Gasteiger partial charge in [-0.2, -0.15) is 0 Å². The summed E-state index contributed by atoms with van der Waals surface area (Å²) in [6, 6.07) is 5.71. The van der Waals surface area contributed by atoms with Crippen LogP contribution in [-0.2, 0) is 4.79 Å². The van der Waals surface area contributed by atoms with Gasteiger partial charge in [0.25, 0.3) is 5.91 Å². The van der Waals surface area contributed by atoms with Gasteiger partial charge in [-0.05, 0) is 44.5 Å². The van der Waals surface area contributed by atoms with E-state index >= 15 is 0 Å². The Hall–Kier alpha value is -1.75. The predicted octanol–water partition coefficient (Wildman–Crippen LogP) is 1.56. The molecule has 0 radical (unpaired) electrons. The number of rotatable bonds is 5. The Bertz CT molecular complexity index is 434. The minimum Gasteiger partial charge on any atom is -0.479 e. The number of amides is 1. The zero-order valence-electron chi connectivity index (χ0n) is 10.5. The number of nitrogens with one attached hydrogen (secondary N) is 2. The lowest BCUT2D eigenvalue weighted by molar-refractivity contribution is -0.122. The number of ether oxygens (including phenoxy) is 1. The van der Waals surface area contributed by atoms with Crippen molar-refractivity contribution in [2.75, 3.05) is 23.7 Å². The molecule has 1 aromatic rings. The first-order valence-corrected chi connectivity index (χ1v) is 6.26. The Morgan fingerprint density at radius 2 is 2.28 bits per heavy atom.